The molecule has 0 spiro atoms. The first-order chi connectivity index (χ1) is 14.5. The summed E-state index contributed by atoms with van der Waals surface area (Å²) in [5, 5.41) is 19.0. The van der Waals surface area contributed by atoms with Crippen LogP contribution in [0.25, 0.3) is 0 Å². The molecule has 0 bridgehead atoms. The van der Waals surface area contributed by atoms with Gasteiger partial charge in [0.2, 0.25) is 0 Å². The van der Waals surface area contributed by atoms with Crippen LogP contribution in [-0.4, -0.2) is 33.9 Å². The lowest BCUT2D eigenvalue weighted by Crippen LogP contribution is -2.25. The molecule has 152 valence electrons. The molecule has 2 heterocycles. The summed E-state index contributed by atoms with van der Waals surface area (Å²) in [5.41, 5.74) is 0.757. The number of benzene rings is 2. The number of rotatable bonds is 5. The highest BCUT2D eigenvalue weighted by Gasteiger charge is 2.29. The number of hydrogen-bond donors (Lipinski definition) is 3. The number of hydrogen-bond acceptors (Lipinski definition) is 5. The number of carboxylic acids is 1. The minimum atomic E-state index is -1.18. The van der Waals surface area contributed by atoms with Gasteiger partial charge in [0, 0.05) is 0 Å². The summed E-state index contributed by atoms with van der Waals surface area (Å²) in [6.45, 7) is 0. The van der Waals surface area contributed by atoms with Gasteiger partial charge >= 0.3 is 5.97 Å². The molecule has 0 fully saturated rings. The molecule has 1 aliphatic rings. The number of methoxy groups -OCH3 is 1. The normalized spacial score (nSPS) is 14.9. The Kier molecular flexibility index (Phi) is 4.93. The Balaban J connectivity index is 1.72. The number of nitrogens with one attached hydrogen (secondary N) is 2. The Morgan fingerprint density at radius 3 is 2.60 bits per heavy atom. The predicted octanol–water partition coefficient (Wildman–Crippen LogP) is 3.27. The van der Waals surface area contributed by atoms with E-state index in [-0.39, 0.29) is 22.8 Å². The van der Waals surface area contributed by atoms with Gasteiger partial charge in [-0.2, -0.15) is 5.10 Å². The second kappa shape index (κ2) is 7.70. The Morgan fingerprint density at radius 1 is 1.20 bits per heavy atom. The SMILES string of the molecule is COc1ccc([C@@H]2C=C(C(=O)O)Nc3c(C(=O)Nc4ccccc4F)cnn32)cc1. The van der Waals surface area contributed by atoms with Gasteiger partial charge in [-0.25, -0.2) is 13.9 Å². The number of aromatic nitrogens is 2. The van der Waals surface area contributed by atoms with Gasteiger partial charge in [-0.1, -0.05) is 24.3 Å². The number of aliphatic carboxylic acids is 1. The molecule has 0 unspecified atom stereocenters. The molecule has 1 aliphatic heterocycles. The van der Waals surface area contributed by atoms with E-state index in [4.69, 9.17) is 4.74 Å². The number of halogens is 1. The molecular weight excluding hydrogens is 391 g/mol. The first kappa shape index (κ1) is 19.2. The summed E-state index contributed by atoms with van der Waals surface area (Å²) < 4.78 is 20.6. The van der Waals surface area contributed by atoms with Crippen molar-refractivity contribution in [2.75, 3.05) is 17.7 Å². The van der Waals surface area contributed by atoms with Crippen molar-refractivity contribution in [1.82, 2.24) is 9.78 Å². The van der Waals surface area contributed by atoms with Gasteiger partial charge in [0.25, 0.3) is 5.91 Å². The highest BCUT2D eigenvalue weighted by molar-refractivity contribution is 6.08. The molecule has 8 nitrogen and oxygen atoms in total. The van der Waals surface area contributed by atoms with E-state index in [0.717, 1.165) is 5.56 Å². The zero-order valence-electron chi connectivity index (χ0n) is 15.8. The van der Waals surface area contributed by atoms with Gasteiger partial charge in [0.05, 0.1) is 25.0 Å². The summed E-state index contributed by atoms with van der Waals surface area (Å²) in [6, 6.07) is 12.3. The van der Waals surface area contributed by atoms with Crippen molar-refractivity contribution in [1.29, 1.82) is 0 Å². The van der Waals surface area contributed by atoms with Crippen molar-refractivity contribution < 1.29 is 23.8 Å². The van der Waals surface area contributed by atoms with E-state index in [1.54, 1.807) is 37.4 Å². The standard InChI is InChI=1S/C21H17FN4O4/c1-30-13-8-6-12(7-9-13)18-10-17(21(28)29)24-19-14(11-23-26(18)19)20(27)25-16-5-3-2-4-15(16)22/h2-11,18,24H,1H3,(H,25,27)(H,28,29)/t18-/m0/s1. The smallest absolute Gasteiger partial charge is 0.352 e. The Labute approximate surface area is 170 Å². The van der Waals surface area contributed by atoms with Crippen LogP contribution in [0.2, 0.25) is 0 Å². The zero-order valence-corrected chi connectivity index (χ0v) is 15.8. The van der Waals surface area contributed by atoms with Gasteiger partial charge in [0.15, 0.2) is 0 Å². The van der Waals surface area contributed by atoms with Crippen LogP contribution in [0, 0.1) is 5.82 Å². The van der Waals surface area contributed by atoms with Crippen LogP contribution in [0.3, 0.4) is 0 Å². The number of fused-ring (bicyclic) bond motifs is 1. The van der Waals surface area contributed by atoms with Crippen molar-refractivity contribution >= 4 is 23.4 Å². The number of nitrogens with zero attached hydrogens (tertiary/aromatic N) is 2. The third kappa shape index (κ3) is 3.48. The number of carbonyl (C=O) groups is 2. The molecule has 3 aromatic rings. The zero-order chi connectivity index (χ0) is 21.3. The average Bonchev–Trinajstić information content (AvgIpc) is 3.19. The van der Waals surface area contributed by atoms with Gasteiger partial charge < -0.3 is 20.5 Å². The monoisotopic (exact) mass is 408 g/mol. The third-order valence-electron chi connectivity index (χ3n) is 4.69. The maximum Gasteiger partial charge on any atom is 0.352 e. The molecule has 9 heteroatoms. The number of anilines is 2. The lowest BCUT2D eigenvalue weighted by atomic mass is 10.0. The van der Waals surface area contributed by atoms with Gasteiger partial charge in [-0.05, 0) is 35.9 Å². The Morgan fingerprint density at radius 2 is 1.93 bits per heavy atom. The summed E-state index contributed by atoms with van der Waals surface area (Å²) in [5.74, 6) is -1.53. The van der Waals surface area contributed by atoms with Crippen LogP contribution in [0.5, 0.6) is 5.75 Å². The molecule has 1 amide bonds. The fourth-order valence-corrected chi connectivity index (χ4v) is 3.18. The molecule has 0 aliphatic carbocycles. The van der Waals surface area contributed by atoms with E-state index in [9.17, 15) is 19.1 Å². The van der Waals surface area contributed by atoms with Crippen molar-refractivity contribution in [3.05, 3.63) is 83.4 Å². The van der Waals surface area contributed by atoms with E-state index < -0.39 is 23.7 Å². The first-order valence-electron chi connectivity index (χ1n) is 8.97. The summed E-state index contributed by atoms with van der Waals surface area (Å²) in [7, 11) is 1.55. The van der Waals surface area contributed by atoms with E-state index in [1.165, 1.54) is 35.2 Å². The largest absolute Gasteiger partial charge is 0.497 e. The Hall–Kier alpha value is -4.14. The summed E-state index contributed by atoms with van der Waals surface area (Å²) in [6.07, 6.45) is 2.82. The molecule has 0 saturated carbocycles. The van der Waals surface area contributed by atoms with Gasteiger partial charge in [-0.15, -0.1) is 0 Å². The van der Waals surface area contributed by atoms with Crippen molar-refractivity contribution in [3.63, 3.8) is 0 Å². The molecule has 0 radical (unpaired) electrons. The second-order valence-corrected chi connectivity index (χ2v) is 6.51. The van der Waals surface area contributed by atoms with Crippen molar-refractivity contribution in [2.24, 2.45) is 0 Å². The minimum absolute atomic E-state index is 0.0129. The molecule has 4 rings (SSSR count). The van der Waals surface area contributed by atoms with Crippen LogP contribution in [0.1, 0.15) is 22.0 Å². The quantitative estimate of drug-likeness (QED) is 0.598. The first-order valence-corrected chi connectivity index (χ1v) is 8.97. The Bertz CT molecular complexity index is 1150. The van der Waals surface area contributed by atoms with Crippen LogP contribution in [0.4, 0.5) is 15.9 Å². The number of allylic oxidation sites excluding steroid dienone is 1. The predicted molar refractivity (Wildman–Crippen MR) is 107 cm³/mol. The van der Waals surface area contributed by atoms with Gasteiger partial charge in [0.1, 0.15) is 28.6 Å². The van der Waals surface area contributed by atoms with Crippen molar-refractivity contribution in [3.8, 4) is 5.75 Å². The van der Waals surface area contributed by atoms with E-state index >= 15 is 0 Å². The molecular formula is C21H17FN4O4. The van der Waals surface area contributed by atoms with Gasteiger partial charge in [-0.3, -0.25) is 4.79 Å². The molecule has 1 aromatic heterocycles. The average molecular weight is 408 g/mol. The van der Waals surface area contributed by atoms with Crippen LogP contribution < -0.4 is 15.4 Å². The highest BCUT2D eigenvalue weighted by Crippen LogP contribution is 2.33. The second-order valence-electron chi connectivity index (χ2n) is 6.51. The maximum absolute atomic E-state index is 13.9. The fourth-order valence-electron chi connectivity index (χ4n) is 3.18. The number of carbonyl (C=O) groups excluding carboxylic acids is 1. The maximum atomic E-state index is 13.9. The van der Waals surface area contributed by atoms with E-state index in [2.05, 4.69) is 15.7 Å². The molecule has 3 N–H and O–H groups in total. The number of para-hydroxylation sites is 1. The topological polar surface area (TPSA) is 105 Å². The lowest BCUT2D eigenvalue weighted by Gasteiger charge is -2.24. The van der Waals surface area contributed by atoms with Crippen LogP contribution >= 0.6 is 0 Å². The summed E-state index contributed by atoms with van der Waals surface area (Å²) >= 11 is 0. The van der Waals surface area contributed by atoms with Crippen LogP contribution in [-0.2, 0) is 4.79 Å². The van der Waals surface area contributed by atoms with Crippen molar-refractivity contribution in [2.45, 2.75) is 6.04 Å². The molecule has 0 saturated heterocycles. The number of amides is 1. The minimum Gasteiger partial charge on any atom is -0.497 e. The third-order valence-corrected chi connectivity index (χ3v) is 4.69. The number of carboxylic acid groups (broad SMARTS) is 1. The highest BCUT2D eigenvalue weighted by atomic mass is 19.1. The molecule has 1 atom stereocenters. The van der Waals surface area contributed by atoms with E-state index in [1.807, 2.05) is 0 Å². The van der Waals surface area contributed by atoms with Crippen LogP contribution in [0.15, 0.2) is 66.5 Å². The van der Waals surface area contributed by atoms with E-state index in [0.29, 0.717) is 5.75 Å². The lowest BCUT2D eigenvalue weighted by molar-refractivity contribution is -0.132. The number of ether oxygens (including phenoxy) is 1. The molecule has 2 aromatic carbocycles. The summed E-state index contributed by atoms with van der Waals surface area (Å²) in [4.78, 5) is 24.4. The fraction of sp³-hybridized carbons (Fsp3) is 0.0952. The molecule has 30 heavy (non-hydrogen) atoms.